The van der Waals surface area contributed by atoms with Crippen molar-refractivity contribution in [1.82, 2.24) is 15.5 Å². The Morgan fingerprint density at radius 3 is 2.58 bits per heavy atom. The molecule has 5 N–H and O–H groups in total. The first kappa shape index (κ1) is 45.4. The molecule has 3 aliphatic carbocycles. The van der Waals surface area contributed by atoms with Crippen molar-refractivity contribution >= 4 is 66.9 Å². The van der Waals surface area contributed by atoms with E-state index in [1.807, 2.05) is 12.2 Å². The van der Waals surface area contributed by atoms with Gasteiger partial charge in [0, 0.05) is 86.0 Å². The summed E-state index contributed by atoms with van der Waals surface area (Å²) in [5.74, 6) is -2.73. The molecule has 0 fully saturated rings. The number of amides is 3. The number of allylic oxidation sites excluding steroid dienone is 6. The number of thiocarbonyl (C=S) groups is 1. The molecule has 0 spiro atoms. The van der Waals surface area contributed by atoms with Crippen LogP contribution in [-0.4, -0.2) is 117 Å². The summed E-state index contributed by atoms with van der Waals surface area (Å²) in [5.41, 5.74) is 1.33. The molecule has 59 heavy (non-hydrogen) atoms. The van der Waals surface area contributed by atoms with Gasteiger partial charge in [-0.15, -0.1) is 0 Å². The third-order valence-electron chi connectivity index (χ3n) is 10.5. The van der Waals surface area contributed by atoms with E-state index >= 15 is 0 Å². The number of fused-ring (bicyclic) bond motifs is 2. The average molecular weight is 874 g/mol. The molecule has 4 aliphatic rings. The summed E-state index contributed by atoms with van der Waals surface area (Å²) in [5, 5.41) is 8.25. The monoisotopic (exact) mass is 873 g/mol. The molecule has 1 aliphatic heterocycles. The van der Waals surface area contributed by atoms with Crippen LogP contribution >= 0.6 is 12.2 Å². The molecule has 0 saturated carbocycles. The van der Waals surface area contributed by atoms with E-state index in [9.17, 15) is 40.3 Å². The quantitative estimate of drug-likeness (QED) is 0.0806. The molecular weight excluding hydrogens is 823 g/mol. The fraction of sp³-hybridized carbons (Fsp3) is 0.475. The zero-order valence-electron chi connectivity index (χ0n) is 33.1. The van der Waals surface area contributed by atoms with E-state index in [-0.39, 0.29) is 80.6 Å². The van der Waals surface area contributed by atoms with Gasteiger partial charge in [-0.05, 0) is 63.8 Å². The van der Waals surface area contributed by atoms with Crippen LogP contribution in [0.2, 0.25) is 0 Å². The second-order valence-electron chi connectivity index (χ2n) is 14.4. The van der Waals surface area contributed by atoms with Crippen LogP contribution < -0.4 is 20.7 Å². The number of anilines is 1. The van der Waals surface area contributed by atoms with Crippen LogP contribution in [-0.2, 0) is 39.4 Å². The molecule has 5 rings (SSSR count). The molecule has 0 bridgehead atoms. The summed E-state index contributed by atoms with van der Waals surface area (Å²) in [6.45, 7) is 4.80. The third-order valence-corrected chi connectivity index (χ3v) is 12.7. The number of hydrogen-bond acceptors (Lipinski definition) is 12. The minimum absolute atomic E-state index is 0.0244. The van der Waals surface area contributed by atoms with Gasteiger partial charge in [-0.3, -0.25) is 28.5 Å². The van der Waals surface area contributed by atoms with E-state index in [4.69, 9.17) is 21.7 Å². The molecular formula is C40H51N5O11S3. The Labute approximate surface area is 350 Å². The van der Waals surface area contributed by atoms with Crippen molar-refractivity contribution in [1.29, 1.82) is 0 Å². The second-order valence-corrected chi connectivity index (χ2v) is 17.6. The van der Waals surface area contributed by atoms with Crippen LogP contribution in [0.3, 0.4) is 0 Å². The van der Waals surface area contributed by atoms with Crippen LogP contribution in [0, 0.1) is 11.8 Å². The van der Waals surface area contributed by atoms with Gasteiger partial charge in [-0.2, -0.15) is 16.8 Å². The largest absolute Gasteiger partial charge is 0.489 e. The smallest absolute Gasteiger partial charge is 0.300 e. The van der Waals surface area contributed by atoms with E-state index < -0.39 is 54.2 Å². The summed E-state index contributed by atoms with van der Waals surface area (Å²) in [7, 11) is -8.23. The zero-order chi connectivity index (χ0) is 42.9. The van der Waals surface area contributed by atoms with Crippen molar-refractivity contribution < 1.29 is 49.8 Å². The Bertz CT molecular complexity index is 2210. The maximum absolute atomic E-state index is 14.2. The molecule has 5 unspecified atom stereocenters. The highest BCUT2D eigenvalue weighted by Gasteiger charge is 2.53. The molecule has 19 heteroatoms. The normalized spacial score (nSPS) is 23.0. The molecule has 5 atom stereocenters. The number of ether oxygens (including phenoxy) is 2. The van der Waals surface area contributed by atoms with Crippen LogP contribution in [0.15, 0.2) is 81.5 Å². The highest BCUT2D eigenvalue weighted by Crippen LogP contribution is 2.54. The standard InChI is InChI=1S/C40H51N5O11S3/c1-4-41-31-17-15-29-34(30-16-18-32(42-5-2)38(59(52,53)54)36(30)56-35(29)37(31)58(49,50)51)27-12-6-7-13-28(27)40(48)45(3)21-9-14-33(46)43-19-20-44-39(47)25-10-8-11-26(24-25)55-22-23-57/h6-7,11,13,15-18,23-24,27,29,34-35,37,42H,4-5,8-10,12,14,19-22H2,1-3H3,(H,43,46)(H,44,47)(H,49,50,51)(H,52,53,54). The van der Waals surface area contributed by atoms with Crippen molar-refractivity contribution in [2.75, 3.05) is 51.7 Å². The summed E-state index contributed by atoms with van der Waals surface area (Å²) in [6, 6.07) is 3.14. The zero-order valence-corrected chi connectivity index (χ0v) is 35.6. The number of hydrogen-bond donors (Lipinski definition) is 5. The molecule has 0 saturated heterocycles. The molecule has 0 aromatic heterocycles. The van der Waals surface area contributed by atoms with Crippen molar-refractivity contribution in [2.24, 2.45) is 16.8 Å². The van der Waals surface area contributed by atoms with Crippen LogP contribution in [0.4, 0.5) is 5.69 Å². The van der Waals surface area contributed by atoms with Gasteiger partial charge in [0.15, 0.2) is 10.1 Å². The Morgan fingerprint density at radius 1 is 1.12 bits per heavy atom. The van der Waals surface area contributed by atoms with E-state index in [0.717, 1.165) is 0 Å². The number of nitrogens with zero attached hydrogens (tertiary/aromatic N) is 2. The predicted octanol–water partition coefficient (Wildman–Crippen LogP) is 3.71. The lowest BCUT2D eigenvalue weighted by Crippen LogP contribution is -2.54. The predicted molar refractivity (Wildman–Crippen MR) is 227 cm³/mol. The lowest BCUT2D eigenvalue weighted by molar-refractivity contribution is -0.127. The molecule has 16 nitrogen and oxygen atoms in total. The Hall–Kier alpha value is -4.69. The lowest BCUT2D eigenvalue weighted by atomic mass is 9.66. The number of carbonyl (C=O) groups is 3. The minimum atomic E-state index is -4.96. The van der Waals surface area contributed by atoms with Gasteiger partial charge >= 0.3 is 0 Å². The average Bonchev–Trinajstić information content (AvgIpc) is 3.19. The van der Waals surface area contributed by atoms with Gasteiger partial charge in [0.2, 0.25) is 17.7 Å². The first-order chi connectivity index (χ1) is 28.1. The molecule has 1 aromatic rings. The van der Waals surface area contributed by atoms with E-state index in [1.54, 1.807) is 51.3 Å². The number of nitrogens with one attached hydrogen (secondary N) is 3. The van der Waals surface area contributed by atoms with Gasteiger partial charge in [0.1, 0.15) is 24.2 Å². The van der Waals surface area contributed by atoms with Gasteiger partial charge < -0.3 is 30.3 Å². The number of carbonyl (C=O) groups excluding carboxylic acids is 3. The highest BCUT2D eigenvalue weighted by atomic mass is 32.2. The van der Waals surface area contributed by atoms with Gasteiger partial charge in [0.05, 0.1) is 11.4 Å². The molecule has 1 aromatic carbocycles. The Balaban J connectivity index is 1.30. The van der Waals surface area contributed by atoms with Crippen molar-refractivity contribution in [3.05, 3.63) is 77.1 Å². The first-order valence-corrected chi connectivity index (χ1v) is 22.9. The van der Waals surface area contributed by atoms with Crippen LogP contribution in [0.25, 0.3) is 0 Å². The van der Waals surface area contributed by atoms with Gasteiger partial charge in [0.25, 0.3) is 20.2 Å². The maximum Gasteiger partial charge on any atom is 0.300 e. The Morgan fingerprint density at radius 2 is 1.88 bits per heavy atom. The third kappa shape index (κ3) is 10.9. The number of aliphatic imine (C=N–C) groups is 1. The van der Waals surface area contributed by atoms with E-state index in [2.05, 4.69) is 20.9 Å². The van der Waals surface area contributed by atoms with Gasteiger partial charge in [-0.25, -0.2) is 0 Å². The van der Waals surface area contributed by atoms with Gasteiger partial charge in [-0.1, -0.05) is 42.6 Å². The van der Waals surface area contributed by atoms with Crippen molar-refractivity contribution in [3.8, 4) is 5.75 Å². The summed E-state index contributed by atoms with van der Waals surface area (Å²) in [4.78, 5) is 44.7. The number of benzene rings is 1. The number of likely N-dealkylation sites (N-methyl/N-ethyl adjacent to an activating group) is 1. The summed E-state index contributed by atoms with van der Waals surface area (Å²) < 4.78 is 84.8. The minimum Gasteiger partial charge on any atom is -0.489 e. The topological polar surface area (TPSA) is 230 Å². The van der Waals surface area contributed by atoms with Crippen molar-refractivity contribution in [3.63, 3.8) is 0 Å². The van der Waals surface area contributed by atoms with E-state index in [1.165, 1.54) is 22.4 Å². The fourth-order valence-electron chi connectivity index (χ4n) is 7.95. The highest BCUT2D eigenvalue weighted by molar-refractivity contribution is 7.87. The van der Waals surface area contributed by atoms with Crippen molar-refractivity contribution in [2.45, 2.75) is 68.1 Å². The van der Waals surface area contributed by atoms with Crippen LogP contribution in [0.1, 0.15) is 57.4 Å². The van der Waals surface area contributed by atoms with E-state index in [0.29, 0.717) is 48.2 Å². The molecule has 320 valence electrons. The Kier molecular flexibility index (Phi) is 15.4. The second kappa shape index (κ2) is 20.0. The molecule has 0 radical (unpaired) electrons. The number of rotatable bonds is 18. The molecule has 3 amide bonds. The van der Waals surface area contributed by atoms with Crippen LogP contribution in [0.5, 0.6) is 5.75 Å². The molecule has 1 heterocycles. The SMILES string of the molecule is CCN=C1C=CC2C(Oc3c(ccc(NCC)c3S(=O)(=O)O)C2C2CC=CC=C2C(=O)N(C)CCCC(=O)NCCNC(=O)C2=CC(OCC=S)=CCC2)C1S(=O)(=O)O. The maximum atomic E-state index is 14.2. The first-order valence-electron chi connectivity index (χ1n) is 19.5. The fourth-order valence-corrected chi connectivity index (χ4v) is 9.87. The summed E-state index contributed by atoms with van der Waals surface area (Å²) in [6.07, 6.45) is 12.7. The lowest BCUT2D eigenvalue weighted by Gasteiger charge is -2.46. The summed E-state index contributed by atoms with van der Waals surface area (Å²) >= 11 is 4.78.